The largest absolute Gasteiger partial charge is 0.455 e. The van der Waals surface area contributed by atoms with Crippen LogP contribution in [0.2, 0.25) is 5.02 Å². The summed E-state index contributed by atoms with van der Waals surface area (Å²) in [5, 5.41) is 15.1. The van der Waals surface area contributed by atoms with E-state index in [1.165, 1.54) is 24.4 Å². The van der Waals surface area contributed by atoms with Gasteiger partial charge in [0.25, 0.3) is 5.69 Å². The molecule has 2 heterocycles. The van der Waals surface area contributed by atoms with E-state index < -0.39 is 10.7 Å². The fraction of sp³-hybridized carbons (Fsp3) is 0.333. The number of amides is 1. The number of carbonyl (C=O) groups is 1. The molecule has 0 spiro atoms. The van der Waals surface area contributed by atoms with Gasteiger partial charge in [-0.1, -0.05) is 11.6 Å². The van der Waals surface area contributed by atoms with Crippen molar-refractivity contribution in [2.45, 2.75) is 25.6 Å². The Hall–Kier alpha value is -2.75. The molecule has 0 unspecified atom stereocenters. The van der Waals surface area contributed by atoms with E-state index in [9.17, 15) is 14.9 Å². The number of hydrogen-bond acceptors (Lipinski definition) is 7. The lowest BCUT2D eigenvalue weighted by molar-refractivity contribution is -0.384. The second-order valence-corrected chi connectivity index (χ2v) is 6.68. The summed E-state index contributed by atoms with van der Waals surface area (Å²) >= 11 is 6.10. The molecule has 0 atom stereocenters. The zero-order valence-corrected chi connectivity index (χ0v) is 15.8. The highest BCUT2D eigenvalue weighted by atomic mass is 35.5. The van der Waals surface area contributed by atoms with Crippen molar-refractivity contribution in [1.29, 1.82) is 0 Å². The van der Waals surface area contributed by atoms with Crippen LogP contribution in [0.1, 0.15) is 25.5 Å². The Bertz CT molecular complexity index is 904. The van der Waals surface area contributed by atoms with E-state index in [1.807, 2.05) is 0 Å². The van der Waals surface area contributed by atoms with E-state index in [4.69, 9.17) is 25.5 Å². The molecule has 0 bridgehead atoms. The first-order valence-corrected chi connectivity index (χ1v) is 8.88. The molecule has 1 aliphatic rings. The number of nitro groups is 1. The van der Waals surface area contributed by atoms with Gasteiger partial charge in [-0.2, -0.15) is 5.10 Å². The molecule has 3 rings (SSSR count). The number of furan rings is 1. The highest BCUT2D eigenvalue weighted by Gasteiger charge is 2.31. The van der Waals surface area contributed by atoms with Crippen LogP contribution in [0.4, 0.5) is 5.69 Å². The van der Waals surface area contributed by atoms with E-state index in [1.54, 1.807) is 19.1 Å². The minimum absolute atomic E-state index is 0.0109. The zero-order chi connectivity index (χ0) is 20.1. The van der Waals surface area contributed by atoms with Crippen molar-refractivity contribution < 1.29 is 23.6 Å². The number of non-ortho nitro benzene ring substituents is 1. The first-order valence-electron chi connectivity index (χ1n) is 8.50. The molecule has 1 N–H and O–H groups in total. The lowest BCUT2D eigenvalue weighted by Gasteiger charge is -2.33. The van der Waals surface area contributed by atoms with Crippen molar-refractivity contribution in [3.63, 3.8) is 0 Å². The second-order valence-electron chi connectivity index (χ2n) is 6.28. The van der Waals surface area contributed by atoms with Gasteiger partial charge < -0.3 is 13.9 Å². The van der Waals surface area contributed by atoms with Gasteiger partial charge in [0.2, 0.25) is 5.91 Å². The number of halogens is 1. The number of nitro benzene ring substituents is 1. The van der Waals surface area contributed by atoms with Crippen LogP contribution in [-0.4, -0.2) is 36.0 Å². The predicted octanol–water partition coefficient (Wildman–Crippen LogP) is 3.50. The van der Waals surface area contributed by atoms with Crippen molar-refractivity contribution in [3.8, 4) is 11.3 Å². The number of nitrogens with zero attached hydrogens (tertiary/aromatic N) is 2. The van der Waals surface area contributed by atoms with E-state index in [2.05, 4.69) is 10.5 Å². The first kappa shape index (κ1) is 20.0. The molecular weight excluding hydrogens is 390 g/mol. The van der Waals surface area contributed by atoms with Gasteiger partial charge in [-0.15, -0.1) is 0 Å². The topological polar surface area (TPSA) is 116 Å². The average Bonchev–Trinajstić information content (AvgIpc) is 3.10. The van der Waals surface area contributed by atoms with Gasteiger partial charge in [-0.25, -0.2) is 5.43 Å². The summed E-state index contributed by atoms with van der Waals surface area (Å²) in [4.78, 5) is 22.4. The number of carbonyl (C=O) groups excluding carboxylic acids is 1. The maximum absolute atomic E-state index is 12.0. The highest BCUT2D eigenvalue weighted by molar-refractivity contribution is 6.33. The Kier molecular flexibility index (Phi) is 6.08. The standard InChI is InChI=1S/C18H18ClN3O6/c1-18(26-7-2-8-27-18)10-17(23)21-20-11-13-4-6-16(28-13)14-9-12(22(24)25)3-5-15(14)19/h3-6,9,11H,2,7-8,10H2,1H3,(H,21,23). The molecule has 1 fully saturated rings. The van der Waals surface area contributed by atoms with Crippen LogP contribution in [0.25, 0.3) is 11.3 Å². The zero-order valence-electron chi connectivity index (χ0n) is 15.0. The summed E-state index contributed by atoms with van der Waals surface area (Å²) in [7, 11) is 0. The Morgan fingerprint density at radius 3 is 2.82 bits per heavy atom. The van der Waals surface area contributed by atoms with Gasteiger partial charge in [0.15, 0.2) is 5.79 Å². The summed E-state index contributed by atoms with van der Waals surface area (Å²) in [5.41, 5.74) is 2.67. The van der Waals surface area contributed by atoms with Crippen molar-refractivity contribution in [1.82, 2.24) is 5.43 Å². The van der Waals surface area contributed by atoms with Crippen LogP contribution >= 0.6 is 11.6 Å². The summed E-state index contributed by atoms with van der Waals surface area (Å²) in [5.74, 6) is -0.629. The summed E-state index contributed by atoms with van der Waals surface area (Å²) in [6.45, 7) is 2.79. The van der Waals surface area contributed by atoms with Crippen LogP contribution in [0.15, 0.2) is 39.9 Å². The average molecular weight is 408 g/mol. The maximum Gasteiger partial charge on any atom is 0.270 e. The molecule has 148 valence electrons. The van der Waals surface area contributed by atoms with Crippen LogP contribution in [0.3, 0.4) is 0 Å². The lowest BCUT2D eigenvalue weighted by atomic mass is 10.1. The molecule has 1 aromatic carbocycles. The van der Waals surface area contributed by atoms with Gasteiger partial charge in [-0.05, 0) is 31.5 Å². The molecule has 0 aliphatic carbocycles. The number of rotatable bonds is 6. The van der Waals surface area contributed by atoms with Gasteiger partial charge in [0, 0.05) is 17.7 Å². The van der Waals surface area contributed by atoms with E-state index in [0.29, 0.717) is 35.3 Å². The van der Waals surface area contributed by atoms with Gasteiger partial charge in [0.1, 0.15) is 11.5 Å². The second kappa shape index (κ2) is 8.51. The molecule has 10 heteroatoms. The molecule has 1 aromatic heterocycles. The fourth-order valence-electron chi connectivity index (χ4n) is 2.66. The summed E-state index contributed by atoms with van der Waals surface area (Å²) in [6.07, 6.45) is 2.12. The Labute approximate surface area is 165 Å². The molecule has 2 aromatic rings. The molecular formula is C18H18ClN3O6. The molecule has 1 saturated heterocycles. The third-order valence-electron chi connectivity index (χ3n) is 4.02. The van der Waals surface area contributed by atoms with Gasteiger partial charge in [0.05, 0.1) is 35.8 Å². The molecule has 28 heavy (non-hydrogen) atoms. The molecule has 1 aliphatic heterocycles. The third kappa shape index (κ3) is 4.94. The first-order chi connectivity index (χ1) is 13.4. The van der Waals surface area contributed by atoms with Crippen LogP contribution < -0.4 is 5.43 Å². The van der Waals surface area contributed by atoms with Gasteiger partial charge in [-0.3, -0.25) is 14.9 Å². The minimum Gasteiger partial charge on any atom is -0.455 e. The SMILES string of the molecule is CC1(CC(=O)NN=Cc2ccc(-c3cc([N+](=O)[O-])ccc3Cl)o2)OCCCO1. The summed E-state index contributed by atoms with van der Waals surface area (Å²) in [6, 6.07) is 7.29. The lowest BCUT2D eigenvalue weighted by Crippen LogP contribution is -2.41. The number of hydrazone groups is 1. The fourth-order valence-corrected chi connectivity index (χ4v) is 2.87. The normalized spacial score (nSPS) is 16.2. The van der Waals surface area contributed by atoms with Crippen LogP contribution in [-0.2, 0) is 14.3 Å². The third-order valence-corrected chi connectivity index (χ3v) is 4.35. The Balaban J connectivity index is 1.62. The van der Waals surface area contributed by atoms with E-state index in [-0.39, 0.29) is 18.0 Å². The van der Waals surface area contributed by atoms with Crippen molar-refractivity contribution >= 4 is 29.4 Å². The minimum atomic E-state index is -0.950. The quantitative estimate of drug-likeness (QED) is 0.445. The number of nitrogens with one attached hydrogen (secondary N) is 1. The van der Waals surface area contributed by atoms with Gasteiger partial charge >= 0.3 is 0 Å². The maximum atomic E-state index is 12.0. The number of ether oxygens (including phenoxy) is 2. The molecule has 0 radical (unpaired) electrons. The molecule has 0 saturated carbocycles. The number of hydrogen-bond donors (Lipinski definition) is 1. The van der Waals surface area contributed by atoms with Crippen LogP contribution in [0, 0.1) is 10.1 Å². The van der Waals surface area contributed by atoms with Crippen molar-refractivity contribution in [2.24, 2.45) is 5.10 Å². The van der Waals surface area contributed by atoms with Crippen molar-refractivity contribution in [3.05, 3.63) is 51.2 Å². The monoisotopic (exact) mass is 407 g/mol. The summed E-state index contributed by atoms with van der Waals surface area (Å²) < 4.78 is 16.5. The molecule has 9 nitrogen and oxygen atoms in total. The van der Waals surface area contributed by atoms with Crippen molar-refractivity contribution in [2.75, 3.05) is 13.2 Å². The number of benzene rings is 1. The highest BCUT2D eigenvalue weighted by Crippen LogP contribution is 2.32. The van der Waals surface area contributed by atoms with E-state index >= 15 is 0 Å². The Morgan fingerprint density at radius 1 is 1.36 bits per heavy atom. The smallest absolute Gasteiger partial charge is 0.270 e. The predicted molar refractivity (Wildman–Crippen MR) is 101 cm³/mol. The Morgan fingerprint density at radius 2 is 2.11 bits per heavy atom. The van der Waals surface area contributed by atoms with Crippen LogP contribution in [0.5, 0.6) is 0 Å². The molecule has 1 amide bonds. The van der Waals surface area contributed by atoms with E-state index in [0.717, 1.165) is 6.42 Å².